The van der Waals surface area contributed by atoms with Crippen molar-refractivity contribution in [3.8, 4) is 0 Å². The van der Waals surface area contributed by atoms with Crippen LogP contribution in [-0.2, 0) is 6.42 Å². The Labute approximate surface area is 110 Å². The molecule has 2 N–H and O–H groups in total. The van der Waals surface area contributed by atoms with Crippen molar-refractivity contribution < 1.29 is 0 Å². The van der Waals surface area contributed by atoms with E-state index in [1.807, 2.05) is 6.07 Å². The number of nitrogens with one attached hydrogen (secondary N) is 2. The number of aromatic nitrogens is 2. The quantitative estimate of drug-likeness (QED) is 0.742. The van der Waals surface area contributed by atoms with Gasteiger partial charge in [0.05, 0.1) is 0 Å². The molecule has 2 rings (SSSR count). The second-order valence-corrected chi connectivity index (χ2v) is 4.99. The second kappa shape index (κ2) is 6.57. The van der Waals surface area contributed by atoms with Gasteiger partial charge in [-0.25, -0.2) is 9.97 Å². The van der Waals surface area contributed by atoms with Gasteiger partial charge < -0.3 is 10.6 Å². The zero-order valence-corrected chi connectivity index (χ0v) is 11.5. The molecule has 100 valence electrons. The first-order chi connectivity index (χ1) is 8.81. The van der Waals surface area contributed by atoms with Crippen LogP contribution in [0.4, 0.5) is 11.6 Å². The van der Waals surface area contributed by atoms with E-state index < -0.39 is 0 Å². The standard InChI is InChI=1S/C14H24N4/c1-3-5-12-17-13(15-4-2)10-14(18-12)16-9-8-11-6-7-11/h10-11H,3-9H2,1-2H3,(H2,15,16,17,18). The molecule has 4 heteroatoms. The molecule has 1 heterocycles. The van der Waals surface area contributed by atoms with Crippen LogP contribution in [0.15, 0.2) is 6.07 Å². The summed E-state index contributed by atoms with van der Waals surface area (Å²) < 4.78 is 0. The van der Waals surface area contributed by atoms with E-state index in [1.165, 1.54) is 19.3 Å². The first-order valence-electron chi connectivity index (χ1n) is 7.17. The first kappa shape index (κ1) is 13.1. The molecule has 1 aromatic heterocycles. The number of hydrogen-bond acceptors (Lipinski definition) is 4. The van der Waals surface area contributed by atoms with Crippen LogP contribution in [-0.4, -0.2) is 23.1 Å². The predicted octanol–water partition coefficient (Wildman–Crippen LogP) is 3.07. The maximum absolute atomic E-state index is 4.56. The summed E-state index contributed by atoms with van der Waals surface area (Å²) in [6, 6.07) is 2.01. The van der Waals surface area contributed by atoms with Crippen LogP contribution in [0.3, 0.4) is 0 Å². The van der Waals surface area contributed by atoms with E-state index in [0.29, 0.717) is 0 Å². The molecule has 0 aliphatic heterocycles. The first-order valence-corrected chi connectivity index (χ1v) is 7.17. The summed E-state index contributed by atoms with van der Waals surface area (Å²) in [6.45, 7) is 6.16. The van der Waals surface area contributed by atoms with Crippen molar-refractivity contribution in [1.29, 1.82) is 0 Å². The van der Waals surface area contributed by atoms with Gasteiger partial charge >= 0.3 is 0 Å². The lowest BCUT2D eigenvalue weighted by Crippen LogP contribution is -2.09. The average Bonchev–Trinajstić information content (AvgIpc) is 3.14. The molecule has 0 aromatic carbocycles. The fourth-order valence-corrected chi connectivity index (χ4v) is 2.01. The Morgan fingerprint density at radius 3 is 2.50 bits per heavy atom. The van der Waals surface area contributed by atoms with Gasteiger partial charge in [-0.05, 0) is 25.7 Å². The van der Waals surface area contributed by atoms with Crippen molar-refractivity contribution >= 4 is 11.6 Å². The SMILES string of the molecule is CCCc1nc(NCC)cc(NCCC2CC2)n1. The fraction of sp³-hybridized carbons (Fsp3) is 0.714. The molecule has 1 aliphatic carbocycles. The minimum absolute atomic E-state index is 0.893. The minimum atomic E-state index is 0.893. The van der Waals surface area contributed by atoms with Gasteiger partial charge in [0.15, 0.2) is 0 Å². The Balaban J connectivity index is 1.96. The summed E-state index contributed by atoms with van der Waals surface area (Å²) >= 11 is 0. The average molecular weight is 248 g/mol. The summed E-state index contributed by atoms with van der Waals surface area (Å²) in [4.78, 5) is 9.07. The lowest BCUT2D eigenvalue weighted by atomic mass is 10.3. The Morgan fingerprint density at radius 1 is 1.17 bits per heavy atom. The highest BCUT2D eigenvalue weighted by atomic mass is 15.1. The van der Waals surface area contributed by atoms with Gasteiger partial charge in [-0.15, -0.1) is 0 Å². The molecule has 1 aliphatic rings. The summed E-state index contributed by atoms with van der Waals surface area (Å²) in [5.74, 6) is 3.79. The van der Waals surface area contributed by atoms with Gasteiger partial charge in [0.25, 0.3) is 0 Å². The number of nitrogens with zero attached hydrogens (tertiary/aromatic N) is 2. The lowest BCUT2D eigenvalue weighted by molar-refractivity contribution is 0.755. The zero-order valence-electron chi connectivity index (χ0n) is 11.5. The van der Waals surface area contributed by atoms with Crippen LogP contribution < -0.4 is 10.6 Å². The van der Waals surface area contributed by atoms with Crippen LogP contribution in [0.5, 0.6) is 0 Å². The molecular formula is C14H24N4. The molecule has 0 saturated heterocycles. The highest BCUT2D eigenvalue weighted by Gasteiger charge is 2.20. The molecule has 4 nitrogen and oxygen atoms in total. The molecule has 0 bridgehead atoms. The van der Waals surface area contributed by atoms with Crippen LogP contribution in [0.25, 0.3) is 0 Å². The van der Waals surface area contributed by atoms with Gasteiger partial charge in [-0.1, -0.05) is 19.8 Å². The van der Waals surface area contributed by atoms with Gasteiger partial charge in [0.2, 0.25) is 0 Å². The van der Waals surface area contributed by atoms with Crippen molar-refractivity contribution in [2.24, 2.45) is 5.92 Å². The predicted molar refractivity (Wildman–Crippen MR) is 76.0 cm³/mol. The van der Waals surface area contributed by atoms with Gasteiger partial charge in [0.1, 0.15) is 17.5 Å². The van der Waals surface area contributed by atoms with E-state index in [4.69, 9.17) is 0 Å². The lowest BCUT2D eigenvalue weighted by Gasteiger charge is -2.10. The maximum Gasteiger partial charge on any atom is 0.133 e. The Bertz CT molecular complexity index is 350. The summed E-state index contributed by atoms with van der Waals surface area (Å²) in [5, 5.41) is 6.69. The van der Waals surface area contributed by atoms with E-state index in [-0.39, 0.29) is 0 Å². The Hall–Kier alpha value is -1.32. The summed E-state index contributed by atoms with van der Waals surface area (Å²) in [5.41, 5.74) is 0. The number of rotatable bonds is 8. The molecule has 1 aromatic rings. The van der Waals surface area contributed by atoms with Crippen molar-refractivity contribution in [3.63, 3.8) is 0 Å². The van der Waals surface area contributed by atoms with E-state index in [0.717, 1.165) is 49.3 Å². The molecule has 0 radical (unpaired) electrons. The molecule has 1 fully saturated rings. The number of anilines is 2. The van der Waals surface area contributed by atoms with E-state index in [1.54, 1.807) is 0 Å². The third kappa shape index (κ3) is 4.17. The zero-order chi connectivity index (χ0) is 12.8. The molecule has 1 saturated carbocycles. The number of hydrogen-bond donors (Lipinski definition) is 2. The largest absolute Gasteiger partial charge is 0.370 e. The Morgan fingerprint density at radius 2 is 1.89 bits per heavy atom. The smallest absolute Gasteiger partial charge is 0.133 e. The van der Waals surface area contributed by atoms with Gasteiger partial charge in [-0.3, -0.25) is 0 Å². The van der Waals surface area contributed by atoms with Crippen LogP contribution in [0, 0.1) is 5.92 Å². The molecule has 0 atom stereocenters. The molecular weight excluding hydrogens is 224 g/mol. The normalized spacial score (nSPS) is 14.6. The highest BCUT2D eigenvalue weighted by molar-refractivity contribution is 5.47. The van der Waals surface area contributed by atoms with Crippen molar-refractivity contribution in [1.82, 2.24) is 9.97 Å². The molecule has 18 heavy (non-hydrogen) atoms. The van der Waals surface area contributed by atoms with Crippen LogP contribution in [0.2, 0.25) is 0 Å². The van der Waals surface area contributed by atoms with E-state index in [2.05, 4.69) is 34.4 Å². The second-order valence-electron chi connectivity index (χ2n) is 4.99. The third-order valence-corrected chi connectivity index (χ3v) is 3.16. The molecule has 0 unspecified atom stereocenters. The van der Waals surface area contributed by atoms with Crippen molar-refractivity contribution in [2.45, 2.75) is 46.0 Å². The van der Waals surface area contributed by atoms with Crippen molar-refractivity contribution in [2.75, 3.05) is 23.7 Å². The summed E-state index contributed by atoms with van der Waals surface area (Å²) in [6.07, 6.45) is 6.11. The highest BCUT2D eigenvalue weighted by Crippen LogP contribution is 2.32. The van der Waals surface area contributed by atoms with Gasteiger partial charge in [-0.2, -0.15) is 0 Å². The topological polar surface area (TPSA) is 49.8 Å². The third-order valence-electron chi connectivity index (χ3n) is 3.16. The molecule has 0 spiro atoms. The van der Waals surface area contributed by atoms with Crippen LogP contribution in [0.1, 0.15) is 45.4 Å². The monoisotopic (exact) mass is 248 g/mol. The van der Waals surface area contributed by atoms with E-state index in [9.17, 15) is 0 Å². The summed E-state index contributed by atoms with van der Waals surface area (Å²) in [7, 11) is 0. The maximum atomic E-state index is 4.56. The van der Waals surface area contributed by atoms with E-state index >= 15 is 0 Å². The van der Waals surface area contributed by atoms with Gasteiger partial charge in [0, 0.05) is 25.6 Å². The fourth-order valence-electron chi connectivity index (χ4n) is 2.01. The Kier molecular flexibility index (Phi) is 4.79. The number of aryl methyl sites for hydroxylation is 1. The van der Waals surface area contributed by atoms with Crippen molar-refractivity contribution in [3.05, 3.63) is 11.9 Å². The van der Waals surface area contributed by atoms with Crippen LogP contribution >= 0.6 is 0 Å². The molecule has 0 amide bonds. The minimum Gasteiger partial charge on any atom is -0.370 e.